The topological polar surface area (TPSA) is 55.4 Å². The van der Waals surface area contributed by atoms with Crippen LogP contribution in [0.3, 0.4) is 0 Å². The van der Waals surface area contributed by atoms with Crippen LogP contribution in [-0.2, 0) is 6.42 Å². The Hall–Kier alpha value is -1.91. The molecule has 2 rings (SSSR count). The normalized spacial score (nSPS) is 17.2. The van der Waals surface area contributed by atoms with Crippen molar-refractivity contribution < 1.29 is 18.7 Å². The molecule has 1 unspecified atom stereocenters. The average Bonchev–Trinajstić information content (AvgIpc) is 2.79. The number of benzene rings is 1. The van der Waals surface area contributed by atoms with Crippen molar-refractivity contribution in [2.75, 3.05) is 13.7 Å². The molecule has 1 aliphatic rings. The minimum atomic E-state index is -0.613. The Morgan fingerprint density at radius 3 is 3.00 bits per heavy atom. The van der Waals surface area contributed by atoms with Gasteiger partial charge in [0, 0.05) is 19.0 Å². The molecule has 1 N–H and O–H groups in total. The van der Waals surface area contributed by atoms with E-state index >= 15 is 0 Å². The van der Waals surface area contributed by atoms with Crippen LogP contribution < -0.4 is 10.1 Å². The number of alkyl halides is 1. The Morgan fingerprint density at radius 2 is 2.41 bits per heavy atom. The van der Waals surface area contributed by atoms with Gasteiger partial charge < -0.3 is 10.1 Å². The fourth-order valence-corrected chi connectivity index (χ4v) is 1.92. The number of nitrogens with one attached hydrogen (secondary N) is 1. The number of hydrogen-bond donors (Lipinski definition) is 1. The van der Waals surface area contributed by atoms with E-state index in [1.807, 2.05) is 0 Å². The number of rotatable bonds is 3. The molecule has 0 radical (unpaired) electrons. The number of amides is 1. The summed E-state index contributed by atoms with van der Waals surface area (Å²) in [6, 6.07) is 3.08. The lowest BCUT2D eigenvalue weighted by atomic mass is 10.0. The lowest BCUT2D eigenvalue weighted by Gasteiger charge is -2.09. The van der Waals surface area contributed by atoms with Crippen molar-refractivity contribution in [3.05, 3.63) is 28.8 Å². The van der Waals surface area contributed by atoms with Gasteiger partial charge in [-0.2, -0.15) is 0 Å². The number of ether oxygens (including phenoxy) is 1. The molecule has 1 atom stereocenters. The molecule has 4 nitrogen and oxygen atoms in total. The van der Waals surface area contributed by atoms with Crippen molar-refractivity contribution in [2.24, 2.45) is 0 Å². The summed E-state index contributed by atoms with van der Waals surface area (Å²) in [6.07, 6.45) is 0.489. The van der Waals surface area contributed by atoms with Crippen LogP contribution in [0.4, 0.5) is 4.39 Å². The number of carbonyl (C=O) groups excluding carboxylic acids is 2. The van der Waals surface area contributed by atoms with Crippen LogP contribution in [0.25, 0.3) is 0 Å². The van der Waals surface area contributed by atoms with Crippen molar-refractivity contribution in [3.63, 3.8) is 0 Å². The zero-order chi connectivity index (χ0) is 12.4. The minimum absolute atomic E-state index is 0.281. The smallest absolute Gasteiger partial charge is 0.254 e. The van der Waals surface area contributed by atoms with Crippen LogP contribution in [0.1, 0.15) is 26.3 Å². The third kappa shape index (κ3) is 2.00. The molecule has 0 aromatic heterocycles. The van der Waals surface area contributed by atoms with E-state index in [2.05, 4.69) is 5.32 Å². The predicted octanol–water partition coefficient (Wildman–Crippen LogP) is 1.13. The molecule has 0 spiro atoms. The van der Waals surface area contributed by atoms with Crippen LogP contribution in [0.15, 0.2) is 12.1 Å². The fourth-order valence-electron chi connectivity index (χ4n) is 1.92. The van der Waals surface area contributed by atoms with E-state index in [9.17, 15) is 14.0 Å². The zero-order valence-corrected chi connectivity index (χ0v) is 9.33. The SMILES string of the molecule is CNC(=O)c1cc(C=O)cc2c1OC(CF)C2. The maximum atomic E-state index is 12.6. The van der Waals surface area contributed by atoms with E-state index in [-0.39, 0.29) is 11.5 Å². The Labute approximate surface area is 97.8 Å². The number of fused-ring (bicyclic) bond motifs is 1. The highest BCUT2D eigenvalue weighted by molar-refractivity contribution is 5.99. The molecule has 90 valence electrons. The first kappa shape index (κ1) is 11.6. The summed E-state index contributed by atoms with van der Waals surface area (Å²) in [5, 5.41) is 2.47. The number of halogens is 1. The lowest BCUT2D eigenvalue weighted by molar-refractivity contribution is 0.0956. The van der Waals surface area contributed by atoms with Gasteiger partial charge in [-0.3, -0.25) is 9.59 Å². The molecular weight excluding hydrogens is 225 g/mol. The standard InChI is InChI=1S/C12H12FNO3/c1-14-12(16)10-3-7(6-15)2-8-4-9(5-13)17-11(8)10/h2-3,6,9H,4-5H2,1H3,(H,14,16). The quantitative estimate of drug-likeness (QED) is 0.802. The molecule has 0 saturated carbocycles. The monoisotopic (exact) mass is 237 g/mol. The van der Waals surface area contributed by atoms with E-state index in [1.165, 1.54) is 13.1 Å². The van der Waals surface area contributed by atoms with Crippen molar-refractivity contribution in [3.8, 4) is 5.75 Å². The van der Waals surface area contributed by atoms with Crippen LogP contribution in [-0.4, -0.2) is 32.0 Å². The van der Waals surface area contributed by atoms with E-state index < -0.39 is 12.8 Å². The summed E-state index contributed by atoms with van der Waals surface area (Å²) in [6.45, 7) is -0.613. The van der Waals surface area contributed by atoms with Gasteiger partial charge in [0.05, 0.1) is 5.56 Å². The Morgan fingerprint density at radius 1 is 1.65 bits per heavy atom. The molecule has 1 heterocycles. The first-order chi connectivity index (χ1) is 8.19. The van der Waals surface area contributed by atoms with E-state index in [1.54, 1.807) is 6.07 Å². The molecule has 0 bridgehead atoms. The Balaban J connectivity index is 2.49. The predicted molar refractivity (Wildman–Crippen MR) is 59.3 cm³/mol. The van der Waals surface area contributed by atoms with Gasteiger partial charge in [0.15, 0.2) is 0 Å². The average molecular weight is 237 g/mol. The largest absolute Gasteiger partial charge is 0.486 e. The molecule has 0 saturated heterocycles. The van der Waals surface area contributed by atoms with Crippen LogP contribution in [0.5, 0.6) is 5.75 Å². The van der Waals surface area contributed by atoms with Crippen LogP contribution in [0.2, 0.25) is 0 Å². The summed E-state index contributed by atoms with van der Waals surface area (Å²) in [4.78, 5) is 22.4. The van der Waals surface area contributed by atoms with Gasteiger partial charge >= 0.3 is 0 Å². The summed E-state index contributed by atoms with van der Waals surface area (Å²) in [5.74, 6) is 0.0436. The molecule has 1 aromatic rings. The highest BCUT2D eigenvalue weighted by atomic mass is 19.1. The summed E-state index contributed by atoms with van der Waals surface area (Å²) in [5.41, 5.74) is 1.38. The van der Waals surface area contributed by atoms with Crippen molar-refractivity contribution in [1.29, 1.82) is 0 Å². The highest BCUT2D eigenvalue weighted by Crippen LogP contribution is 2.33. The second kappa shape index (κ2) is 4.53. The van der Waals surface area contributed by atoms with Gasteiger partial charge in [0.1, 0.15) is 24.8 Å². The zero-order valence-electron chi connectivity index (χ0n) is 9.33. The molecule has 1 aliphatic heterocycles. The lowest BCUT2D eigenvalue weighted by Crippen LogP contribution is -2.20. The Kier molecular flexibility index (Phi) is 3.08. The van der Waals surface area contributed by atoms with Gasteiger partial charge in [0.25, 0.3) is 5.91 Å². The molecule has 17 heavy (non-hydrogen) atoms. The Bertz CT molecular complexity index is 473. The summed E-state index contributed by atoms with van der Waals surface area (Å²) in [7, 11) is 1.49. The van der Waals surface area contributed by atoms with Gasteiger partial charge in [-0.15, -0.1) is 0 Å². The van der Waals surface area contributed by atoms with Crippen molar-refractivity contribution >= 4 is 12.2 Å². The van der Waals surface area contributed by atoms with Gasteiger partial charge in [-0.25, -0.2) is 4.39 Å². The van der Waals surface area contributed by atoms with E-state index in [0.717, 1.165) is 0 Å². The molecule has 5 heteroatoms. The van der Waals surface area contributed by atoms with Gasteiger partial charge in [0.2, 0.25) is 0 Å². The van der Waals surface area contributed by atoms with E-state index in [4.69, 9.17) is 4.74 Å². The third-order valence-electron chi connectivity index (χ3n) is 2.70. The fraction of sp³-hybridized carbons (Fsp3) is 0.333. The summed E-state index contributed by atoms with van der Waals surface area (Å²) < 4.78 is 17.9. The van der Waals surface area contributed by atoms with Crippen LogP contribution >= 0.6 is 0 Å². The molecule has 0 fully saturated rings. The first-order valence-electron chi connectivity index (χ1n) is 5.26. The second-order valence-electron chi connectivity index (χ2n) is 3.85. The summed E-state index contributed by atoms with van der Waals surface area (Å²) >= 11 is 0. The van der Waals surface area contributed by atoms with Gasteiger partial charge in [-0.05, 0) is 17.7 Å². The molecule has 1 aromatic carbocycles. The second-order valence-corrected chi connectivity index (χ2v) is 3.85. The number of carbonyl (C=O) groups is 2. The van der Waals surface area contributed by atoms with E-state index in [0.29, 0.717) is 29.6 Å². The van der Waals surface area contributed by atoms with Crippen molar-refractivity contribution in [1.82, 2.24) is 5.32 Å². The highest BCUT2D eigenvalue weighted by Gasteiger charge is 2.28. The van der Waals surface area contributed by atoms with Gasteiger partial charge in [-0.1, -0.05) is 0 Å². The maximum Gasteiger partial charge on any atom is 0.254 e. The number of aldehydes is 1. The first-order valence-corrected chi connectivity index (χ1v) is 5.26. The number of hydrogen-bond acceptors (Lipinski definition) is 3. The minimum Gasteiger partial charge on any atom is -0.486 e. The van der Waals surface area contributed by atoms with Crippen molar-refractivity contribution in [2.45, 2.75) is 12.5 Å². The van der Waals surface area contributed by atoms with Crippen LogP contribution in [0, 0.1) is 0 Å². The third-order valence-corrected chi connectivity index (χ3v) is 2.70. The molecular formula is C12H12FNO3. The maximum absolute atomic E-state index is 12.6. The molecule has 1 amide bonds. The molecule has 0 aliphatic carbocycles.